The molecule has 0 bridgehead atoms. The van der Waals surface area contributed by atoms with Gasteiger partial charge < -0.3 is 4.74 Å². The molecule has 20 heavy (non-hydrogen) atoms. The molecule has 2 aliphatic heterocycles. The Bertz CT molecular complexity index is 661. The molecule has 4 rings (SSSR count). The van der Waals surface area contributed by atoms with E-state index in [-0.39, 0.29) is 23.8 Å². The standard InChI is InChI=1S/C16H15NO3/c1-9(18)17-11-6-3-2-5-10(11)14-15-12(19)7-4-8-13(15)20-16(14)17/h2-3,5-6,14,16H,4,7-8H2,1H3/t14-,16+/m0/s1. The van der Waals surface area contributed by atoms with E-state index in [4.69, 9.17) is 4.74 Å². The van der Waals surface area contributed by atoms with Crippen LogP contribution in [-0.2, 0) is 14.3 Å². The van der Waals surface area contributed by atoms with Crippen LogP contribution in [0.15, 0.2) is 35.6 Å². The molecular formula is C16H15NO3. The number of Topliss-reactive ketones (excluding diaryl/α,β-unsaturated/α-hetero) is 1. The molecule has 4 heteroatoms. The first-order valence-electron chi connectivity index (χ1n) is 7.00. The van der Waals surface area contributed by atoms with Crippen molar-refractivity contribution in [3.05, 3.63) is 41.2 Å². The second kappa shape index (κ2) is 3.95. The minimum Gasteiger partial charge on any atom is -0.473 e. The fourth-order valence-electron chi connectivity index (χ4n) is 3.63. The van der Waals surface area contributed by atoms with Gasteiger partial charge in [-0.1, -0.05) is 18.2 Å². The maximum Gasteiger partial charge on any atom is 0.226 e. The van der Waals surface area contributed by atoms with Gasteiger partial charge in [0, 0.05) is 25.3 Å². The maximum atomic E-state index is 12.3. The topological polar surface area (TPSA) is 46.6 Å². The van der Waals surface area contributed by atoms with Crippen LogP contribution >= 0.6 is 0 Å². The van der Waals surface area contributed by atoms with Crippen molar-refractivity contribution in [2.24, 2.45) is 0 Å². The minimum atomic E-state index is -0.364. The highest BCUT2D eigenvalue weighted by atomic mass is 16.5. The first-order chi connectivity index (χ1) is 9.68. The Hall–Kier alpha value is -2.10. The molecule has 0 aromatic heterocycles. The summed E-state index contributed by atoms with van der Waals surface area (Å²) in [5.74, 6) is 0.839. The molecule has 0 saturated heterocycles. The fraction of sp³-hybridized carbons (Fsp3) is 0.375. The highest BCUT2D eigenvalue weighted by Crippen LogP contribution is 2.52. The lowest BCUT2D eigenvalue weighted by molar-refractivity contribution is -0.118. The number of ether oxygens (including phenoxy) is 1. The van der Waals surface area contributed by atoms with Crippen molar-refractivity contribution in [1.29, 1.82) is 0 Å². The number of carbonyl (C=O) groups excluding carboxylic acids is 2. The Morgan fingerprint density at radius 2 is 2.10 bits per heavy atom. The molecule has 2 atom stereocenters. The van der Waals surface area contributed by atoms with E-state index in [1.165, 1.54) is 0 Å². The molecule has 0 spiro atoms. The molecule has 2 heterocycles. The fourth-order valence-corrected chi connectivity index (χ4v) is 3.63. The summed E-state index contributed by atoms with van der Waals surface area (Å²) in [7, 11) is 0. The molecular weight excluding hydrogens is 254 g/mol. The van der Waals surface area contributed by atoms with E-state index >= 15 is 0 Å². The van der Waals surface area contributed by atoms with Crippen LogP contribution in [0.5, 0.6) is 0 Å². The number of anilines is 1. The molecule has 1 aromatic carbocycles. The molecule has 0 fully saturated rings. The maximum absolute atomic E-state index is 12.3. The summed E-state index contributed by atoms with van der Waals surface area (Å²) in [6, 6.07) is 7.78. The van der Waals surface area contributed by atoms with Gasteiger partial charge in [-0.2, -0.15) is 0 Å². The molecule has 3 aliphatic rings. The van der Waals surface area contributed by atoms with E-state index in [2.05, 4.69) is 0 Å². The molecule has 0 N–H and O–H groups in total. The van der Waals surface area contributed by atoms with E-state index in [0.29, 0.717) is 6.42 Å². The Morgan fingerprint density at radius 3 is 2.90 bits per heavy atom. The van der Waals surface area contributed by atoms with E-state index in [0.717, 1.165) is 35.4 Å². The molecule has 0 radical (unpaired) electrons. The number of hydrogen-bond acceptors (Lipinski definition) is 3. The van der Waals surface area contributed by atoms with Gasteiger partial charge >= 0.3 is 0 Å². The van der Waals surface area contributed by atoms with Crippen LogP contribution in [0.3, 0.4) is 0 Å². The van der Waals surface area contributed by atoms with Gasteiger partial charge in [-0.15, -0.1) is 0 Å². The van der Waals surface area contributed by atoms with Crippen molar-refractivity contribution in [2.45, 2.75) is 38.3 Å². The van der Waals surface area contributed by atoms with Gasteiger partial charge in [0.05, 0.1) is 11.6 Å². The number of para-hydroxylation sites is 1. The summed E-state index contributed by atoms with van der Waals surface area (Å²) in [6.45, 7) is 1.54. The van der Waals surface area contributed by atoms with Crippen LogP contribution in [0.25, 0.3) is 0 Å². The van der Waals surface area contributed by atoms with E-state index in [9.17, 15) is 9.59 Å². The van der Waals surface area contributed by atoms with Gasteiger partial charge in [-0.3, -0.25) is 14.5 Å². The third-order valence-electron chi connectivity index (χ3n) is 4.39. The second-order valence-corrected chi connectivity index (χ2v) is 5.55. The van der Waals surface area contributed by atoms with Gasteiger partial charge in [0.15, 0.2) is 12.0 Å². The van der Waals surface area contributed by atoms with Crippen LogP contribution in [0, 0.1) is 0 Å². The predicted octanol–water partition coefficient (Wildman–Crippen LogP) is 2.50. The van der Waals surface area contributed by atoms with Gasteiger partial charge in [0.25, 0.3) is 0 Å². The number of ketones is 1. The largest absolute Gasteiger partial charge is 0.473 e. The number of rotatable bonds is 0. The van der Waals surface area contributed by atoms with Crippen molar-refractivity contribution >= 4 is 17.4 Å². The van der Waals surface area contributed by atoms with Crippen LogP contribution in [-0.4, -0.2) is 17.9 Å². The highest BCUT2D eigenvalue weighted by molar-refractivity contribution is 6.02. The number of hydrogen-bond donors (Lipinski definition) is 0. The normalized spacial score (nSPS) is 27.1. The van der Waals surface area contributed by atoms with Crippen LogP contribution in [0.4, 0.5) is 5.69 Å². The highest BCUT2D eigenvalue weighted by Gasteiger charge is 2.51. The van der Waals surface area contributed by atoms with E-state index in [1.54, 1.807) is 11.8 Å². The van der Waals surface area contributed by atoms with E-state index < -0.39 is 0 Å². The summed E-state index contributed by atoms with van der Waals surface area (Å²) in [4.78, 5) is 25.9. The van der Waals surface area contributed by atoms with Gasteiger partial charge in [-0.05, 0) is 18.1 Å². The second-order valence-electron chi connectivity index (χ2n) is 5.55. The number of carbonyl (C=O) groups is 2. The summed E-state index contributed by atoms with van der Waals surface area (Å²) in [5.41, 5.74) is 2.71. The van der Waals surface area contributed by atoms with Crippen molar-refractivity contribution in [3.8, 4) is 0 Å². The third-order valence-corrected chi connectivity index (χ3v) is 4.39. The zero-order valence-electron chi connectivity index (χ0n) is 11.3. The first-order valence-corrected chi connectivity index (χ1v) is 7.00. The summed E-state index contributed by atoms with van der Waals surface area (Å²) in [5, 5.41) is 0. The SMILES string of the molecule is CC(=O)N1c2ccccc2[C@H]2C3=C(CCCC3=O)O[C@H]21. The van der Waals surface area contributed by atoms with Gasteiger partial charge in [-0.25, -0.2) is 0 Å². The van der Waals surface area contributed by atoms with Gasteiger partial charge in [0.1, 0.15) is 5.76 Å². The number of nitrogens with zero attached hydrogens (tertiary/aromatic N) is 1. The van der Waals surface area contributed by atoms with Crippen LogP contribution < -0.4 is 4.90 Å². The Morgan fingerprint density at radius 1 is 1.30 bits per heavy atom. The van der Waals surface area contributed by atoms with Crippen LogP contribution in [0.2, 0.25) is 0 Å². The zero-order chi connectivity index (χ0) is 13.9. The molecule has 0 saturated carbocycles. The molecule has 102 valence electrons. The van der Waals surface area contributed by atoms with Gasteiger partial charge in [0.2, 0.25) is 5.91 Å². The molecule has 0 unspecified atom stereocenters. The third kappa shape index (κ3) is 1.36. The number of benzene rings is 1. The van der Waals surface area contributed by atoms with Crippen molar-refractivity contribution < 1.29 is 14.3 Å². The molecule has 4 nitrogen and oxygen atoms in total. The smallest absolute Gasteiger partial charge is 0.226 e. The Labute approximate surface area is 117 Å². The zero-order valence-corrected chi connectivity index (χ0v) is 11.3. The summed E-state index contributed by atoms with van der Waals surface area (Å²) in [6.07, 6.45) is 1.88. The van der Waals surface area contributed by atoms with Crippen molar-refractivity contribution in [3.63, 3.8) is 0 Å². The lowest BCUT2D eigenvalue weighted by Crippen LogP contribution is -2.37. The predicted molar refractivity (Wildman–Crippen MR) is 73.1 cm³/mol. The average Bonchev–Trinajstić information content (AvgIpc) is 2.92. The lowest BCUT2D eigenvalue weighted by atomic mass is 9.85. The lowest BCUT2D eigenvalue weighted by Gasteiger charge is -2.24. The molecule has 1 amide bonds. The number of allylic oxidation sites excluding steroid dienone is 1. The minimum absolute atomic E-state index is 0.0442. The number of fused-ring (bicyclic) bond motifs is 4. The summed E-state index contributed by atoms with van der Waals surface area (Å²) < 4.78 is 5.98. The van der Waals surface area contributed by atoms with E-state index in [1.807, 2.05) is 24.3 Å². The monoisotopic (exact) mass is 269 g/mol. The Balaban J connectivity index is 1.89. The molecule has 1 aromatic rings. The van der Waals surface area contributed by atoms with Crippen molar-refractivity contribution in [2.75, 3.05) is 4.90 Å². The van der Waals surface area contributed by atoms with Crippen molar-refractivity contribution in [1.82, 2.24) is 0 Å². The first kappa shape index (κ1) is 11.7. The molecule has 1 aliphatic carbocycles. The Kier molecular flexibility index (Phi) is 2.31. The number of amides is 1. The summed E-state index contributed by atoms with van der Waals surface area (Å²) >= 11 is 0. The average molecular weight is 269 g/mol. The van der Waals surface area contributed by atoms with Crippen LogP contribution in [0.1, 0.15) is 37.7 Å². The quantitative estimate of drug-likeness (QED) is 0.727.